The average Bonchev–Trinajstić information content (AvgIpc) is 3.27. The molecule has 33 heavy (non-hydrogen) atoms. The van der Waals surface area contributed by atoms with Crippen molar-refractivity contribution in [3.63, 3.8) is 0 Å². The van der Waals surface area contributed by atoms with Gasteiger partial charge in [0.25, 0.3) is 0 Å². The third kappa shape index (κ3) is 4.98. The maximum absolute atomic E-state index is 12.8. The van der Waals surface area contributed by atoms with E-state index in [1.807, 2.05) is 27.7 Å². The average molecular weight is 482 g/mol. The molecule has 0 amide bonds. The summed E-state index contributed by atoms with van der Waals surface area (Å²) in [6.07, 6.45) is -1.24. The highest BCUT2D eigenvalue weighted by atomic mass is 31.1. The molecule has 1 fully saturated rings. The number of nitrogen functional groups attached to an aromatic ring is 1. The van der Waals surface area contributed by atoms with Gasteiger partial charge in [-0.05, 0) is 36.8 Å². The Labute approximate surface area is 191 Å². The Balaban J connectivity index is 1.90. The van der Waals surface area contributed by atoms with Crippen molar-refractivity contribution in [3.05, 3.63) is 16.8 Å². The van der Waals surface area contributed by atoms with E-state index in [2.05, 4.69) is 25.0 Å². The molecule has 14 heteroatoms. The van der Waals surface area contributed by atoms with Crippen molar-refractivity contribution in [2.75, 3.05) is 5.73 Å². The normalized spacial score (nSPS) is 25.8. The van der Waals surface area contributed by atoms with E-state index in [4.69, 9.17) is 20.5 Å². The summed E-state index contributed by atoms with van der Waals surface area (Å²) in [7, 11) is -2.32. The first-order valence-corrected chi connectivity index (χ1v) is 12.4. The third-order valence-electron chi connectivity index (χ3n) is 6.26. The number of fused-ring (bicyclic) bond motifs is 1. The molecule has 0 radical (unpaired) electrons. The number of aliphatic hydroxyl groups excluding tert-OH is 2. The summed E-state index contributed by atoms with van der Waals surface area (Å²) in [5, 5.41) is 25.1. The number of ether oxygens (including phenoxy) is 1. The Kier molecular flexibility index (Phi) is 7.94. The minimum atomic E-state index is -2.32. The van der Waals surface area contributed by atoms with Gasteiger partial charge in [-0.3, -0.25) is 9.13 Å². The van der Waals surface area contributed by atoms with Crippen LogP contribution in [0.15, 0.2) is 11.4 Å². The van der Waals surface area contributed by atoms with Crippen molar-refractivity contribution in [1.82, 2.24) is 19.5 Å². The van der Waals surface area contributed by atoms with E-state index in [0.717, 1.165) is 12.8 Å². The van der Waals surface area contributed by atoms with Gasteiger partial charge < -0.3 is 25.2 Å². The molecule has 0 aromatic carbocycles. The van der Waals surface area contributed by atoms with E-state index in [1.54, 1.807) is 0 Å². The second-order valence-electron chi connectivity index (χ2n) is 8.39. The quantitative estimate of drug-likeness (QED) is 0.197. The number of aromatic nitrogens is 4. The van der Waals surface area contributed by atoms with Crippen molar-refractivity contribution >= 4 is 31.0 Å². The topological polar surface area (TPSA) is 194 Å². The highest BCUT2D eigenvalue weighted by molar-refractivity contribution is 7.40. The minimum absolute atomic E-state index is 0.0255. The molecular weight excluding hydrogens is 451 g/mol. The van der Waals surface area contributed by atoms with Gasteiger partial charge in [0.15, 0.2) is 31.2 Å². The molecule has 13 nitrogen and oxygen atoms in total. The van der Waals surface area contributed by atoms with Crippen LogP contribution in [0.2, 0.25) is 0 Å². The molecule has 2 aromatic rings. The van der Waals surface area contributed by atoms with E-state index >= 15 is 0 Å². The van der Waals surface area contributed by atoms with Gasteiger partial charge in [-0.1, -0.05) is 20.8 Å². The van der Waals surface area contributed by atoms with E-state index in [-0.39, 0.29) is 35.0 Å². The van der Waals surface area contributed by atoms with Crippen molar-refractivity contribution in [1.29, 1.82) is 0 Å². The summed E-state index contributed by atoms with van der Waals surface area (Å²) >= 11 is 0. The first-order valence-electron chi connectivity index (χ1n) is 11.0. The molecule has 4 N–H and O–H groups in total. The predicted octanol–water partition coefficient (Wildman–Crippen LogP) is 3.21. The van der Waals surface area contributed by atoms with Gasteiger partial charge in [-0.25, -0.2) is 15.0 Å². The Morgan fingerprint density at radius 2 is 2.06 bits per heavy atom. The van der Waals surface area contributed by atoms with E-state index in [0.29, 0.717) is 6.42 Å². The SMILES string of the molecule is CCC(CC)[PH](=O)O[C@@](C)(CC)C[C@H]1OC(n2c(N=[N+]=[N-])nc3c(N)ncnc32)[C@H](O)[C@@H]1O. The molecule has 1 aliphatic rings. The molecule has 2 unspecified atom stereocenters. The molecule has 182 valence electrons. The number of nitrogens with two attached hydrogens (primary N) is 1. The number of azide groups is 1. The molecule has 3 heterocycles. The van der Waals surface area contributed by atoms with E-state index in [9.17, 15) is 14.8 Å². The minimum Gasteiger partial charge on any atom is -0.388 e. The standard InChI is InChI=1S/C19H31N8O5P/c1-5-10(6-2)33(30)32-19(4,7-3)8-11-13(28)14(29)17(31-11)27-16-12(15(20)22-9-23-16)24-18(27)25-26-21/h9-11,13-14,17,28-29,33H,5-8H2,1-4H3,(H2,20,22,23)/t11-,13-,14-,17?,19+/m1/s1. The lowest BCUT2D eigenvalue weighted by atomic mass is 9.93. The fourth-order valence-corrected chi connectivity index (χ4v) is 5.55. The van der Waals surface area contributed by atoms with Crippen LogP contribution in [-0.4, -0.2) is 59.3 Å². The zero-order valence-corrected chi connectivity index (χ0v) is 20.1. The van der Waals surface area contributed by atoms with Crippen LogP contribution >= 0.6 is 8.03 Å². The predicted molar refractivity (Wildman–Crippen MR) is 122 cm³/mol. The summed E-state index contributed by atoms with van der Waals surface area (Å²) in [6, 6.07) is 0. The first kappa shape index (κ1) is 25.4. The van der Waals surface area contributed by atoms with Gasteiger partial charge in [-0.2, -0.15) is 0 Å². The van der Waals surface area contributed by atoms with Crippen LogP contribution in [0.3, 0.4) is 0 Å². The van der Waals surface area contributed by atoms with Crippen molar-refractivity contribution < 1.29 is 24.0 Å². The van der Waals surface area contributed by atoms with Gasteiger partial charge in [0.2, 0.25) is 5.95 Å². The summed E-state index contributed by atoms with van der Waals surface area (Å²) in [6.45, 7) is 7.67. The zero-order chi connectivity index (χ0) is 24.3. The van der Waals surface area contributed by atoms with Gasteiger partial charge in [0.05, 0.1) is 11.7 Å². The highest BCUT2D eigenvalue weighted by Gasteiger charge is 2.48. The van der Waals surface area contributed by atoms with Crippen molar-refractivity contribution in [2.45, 2.75) is 89.2 Å². The van der Waals surface area contributed by atoms with Gasteiger partial charge >= 0.3 is 0 Å². The van der Waals surface area contributed by atoms with Crippen LogP contribution in [0.25, 0.3) is 21.6 Å². The lowest BCUT2D eigenvalue weighted by molar-refractivity contribution is -0.0615. The molecular formula is C19H31N8O5P. The van der Waals surface area contributed by atoms with Crippen molar-refractivity contribution in [2.24, 2.45) is 5.11 Å². The van der Waals surface area contributed by atoms with Gasteiger partial charge in [0, 0.05) is 17.0 Å². The first-order chi connectivity index (χ1) is 15.7. The van der Waals surface area contributed by atoms with Crippen LogP contribution in [0, 0.1) is 0 Å². The highest BCUT2D eigenvalue weighted by Crippen LogP contribution is 2.44. The van der Waals surface area contributed by atoms with Crippen molar-refractivity contribution in [3.8, 4) is 0 Å². The molecule has 0 spiro atoms. The number of hydrogen-bond acceptors (Lipinski definition) is 10. The van der Waals surface area contributed by atoms with Gasteiger partial charge in [-0.15, -0.1) is 0 Å². The summed E-state index contributed by atoms with van der Waals surface area (Å²) in [4.78, 5) is 14.9. The summed E-state index contributed by atoms with van der Waals surface area (Å²) in [5.74, 6) is -0.0684. The fourth-order valence-electron chi connectivity index (χ4n) is 4.00. The van der Waals surface area contributed by atoms with Crippen LogP contribution in [0.4, 0.5) is 11.8 Å². The number of aliphatic hydroxyl groups is 2. The fraction of sp³-hybridized carbons (Fsp3) is 0.737. The number of rotatable bonds is 10. The Bertz CT molecular complexity index is 1060. The lowest BCUT2D eigenvalue weighted by Crippen LogP contribution is -2.38. The maximum Gasteiger partial charge on any atom is 0.201 e. The van der Waals surface area contributed by atoms with Crippen LogP contribution in [0.1, 0.15) is 59.6 Å². The molecule has 0 saturated carbocycles. The Morgan fingerprint density at radius 3 is 2.67 bits per heavy atom. The smallest absolute Gasteiger partial charge is 0.201 e. The Hall–Kier alpha value is -2.27. The molecule has 1 aliphatic heterocycles. The zero-order valence-electron chi connectivity index (χ0n) is 19.1. The molecule has 1 saturated heterocycles. The number of imidazole rings is 1. The van der Waals surface area contributed by atoms with E-state index in [1.165, 1.54) is 10.9 Å². The van der Waals surface area contributed by atoms with Crippen LogP contribution in [-0.2, 0) is 13.8 Å². The number of hydrogen-bond donors (Lipinski definition) is 3. The summed E-state index contributed by atoms with van der Waals surface area (Å²) < 4.78 is 26.1. The van der Waals surface area contributed by atoms with Crippen LogP contribution < -0.4 is 5.73 Å². The second kappa shape index (κ2) is 10.3. The molecule has 6 atom stereocenters. The molecule has 0 aliphatic carbocycles. The third-order valence-corrected chi connectivity index (χ3v) is 8.44. The number of nitrogens with zero attached hydrogens (tertiary/aromatic N) is 7. The molecule has 2 aromatic heterocycles. The second-order valence-corrected chi connectivity index (χ2v) is 10.0. The Morgan fingerprint density at radius 1 is 1.36 bits per heavy atom. The molecule has 3 rings (SSSR count). The lowest BCUT2D eigenvalue weighted by Gasteiger charge is -2.33. The van der Waals surface area contributed by atoms with Crippen LogP contribution in [0.5, 0.6) is 0 Å². The monoisotopic (exact) mass is 482 g/mol. The number of anilines is 1. The maximum atomic E-state index is 12.8. The summed E-state index contributed by atoms with van der Waals surface area (Å²) in [5.41, 5.74) is 14.3. The largest absolute Gasteiger partial charge is 0.388 e. The molecule has 0 bridgehead atoms. The van der Waals surface area contributed by atoms with Gasteiger partial charge in [0.1, 0.15) is 18.5 Å². The van der Waals surface area contributed by atoms with E-state index < -0.39 is 38.2 Å².